The molecule has 0 atom stereocenters. The Kier molecular flexibility index (Phi) is 6.85. The number of halogens is 1. The van der Waals surface area contributed by atoms with Crippen LogP contribution in [0, 0.1) is 13.8 Å². The molecular weight excluding hydrogens is 366 g/mol. The molecule has 0 aliphatic rings. The highest BCUT2D eigenvalue weighted by atomic mass is 35.5. The van der Waals surface area contributed by atoms with Gasteiger partial charge in [0.25, 0.3) is 0 Å². The van der Waals surface area contributed by atoms with Gasteiger partial charge in [-0.3, -0.25) is 0 Å². The second-order valence-corrected chi connectivity index (χ2v) is 6.24. The van der Waals surface area contributed by atoms with Crippen LogP contribution in [0.15, 0.2) is 63.4 Å². The first-order valence-corrected chi connectivity index (χ1v) is 8.56. The number of ether oxygens (including phenoxy) is 1. The van der Waals surface area contributed by atoms with E-state index >= 15 is 0 Å². The second-order valence-electron chi connectivity index (χ2n) is 5.86. The molecule has 0 bridgehead atoms. The van der Waals surface area contributed by atoms with E-state index in [9.17, 15) is 4.79 Å². The number of nitrogens with zero attached hydrogens (tertiary/aromatic N) is 1. The number of benzene rings is 1. The van der Waals surface area contributed by atoms with Crippen LogP contribution in [0.4, 0.5) is 0 Å². The summed E-state index contributed by atoms with van der Waals surface area (Å²) in [6.45, 7) is 8.23. The molecule has 3 N–H and O–H groups in total. The molecule has 0 aliphatic heterocycles. The van der Waals surface area contributed by atoms with Gasteiger partial charge in [-0.15, -0.1) is 0 Å². The Hall–Kier alpha value is -2.99. The Labute approximate surface area is 163 Å². The Morgan fingerprint density at radius 3 is 2.67 bits per heavy atom. The maximum absolute atomic E-state index is 12.2. The molecule has 0 amide bonds. The highest BCUT2D eigenvalue weighted by molar-refractivity contribution is 6.58. The number of hydrogen-bond donors (Lipinski definition) is 2. The molecular formula is C20H22ClN3O3. The zero-order valence-corrected chi connectivity index (χ0v) is 16.3. The van der Waals surface area contributed by atoms with Crippen molar-refractivity contribution in [1.82, 2.24) is 5.32 Å². The van der Waals surface area contributed by atoms with Crippen molar-refractivity contribution in [2.45, 2.75) is 20.4 Å². The molecule has 0 unspecified atom stereocenters. The van der Waals surface area contributed by atoms with Crippen LogP contribution in [-0.4, -0.2) is 18.8 Å². The third-order valence-electron chi connectivity index (χ3n) is 3.94. The largest absolute Gasteiger partial charge is 0.467 e. The van der Waals surface area contributed by atoms with Gasteiger partial charge in [-0.05, 0) is 48.7 Å². The first kappa shape index (κ1) is 20.3. The van der Waals surface area contributed by atoms with E-state index < -0.39 is 5.97 Å². The number of methoxy groups -OCH3 is 1. The minimum absolute atomic E-state index is 0.0570. The number of rotatable bonds is 7. The molecule has 1 aromatic heterocycles. The number of nitrogens with one attached hydrogen (secondary N) is 1. The molecule has 0 radical (unpaired) electrons. The number of furan rings is 1. The van der Waals surface area contributed by atoms with Crippen molar-refractivity contribution in [3.63, 3.8) is 0 Å². The van der Waals surface area contributed by atoms with Crippen molar-refractivity contribution in [1.29, 1.82) is 0 Å². The van der Waals surface area contributed by atoms with Crippen molar-refractivity contribution in [3.8, 4) is 0 Å². The average molecular weight is 388 g/mol. The lowest BCUT2D eigenvalue weighted by atomic mass is 10.0. The van der Waals surface area contributed by atoms with E-state index in [1.807, 2.05) is 32.0 Å². The fraction of sp³-hybridized carbons (Fsp3) is 0.200. The molecule has 0 aliphatic carbocycles. The number of esters is 1. The van der Waals surface area contributed by atoms with Gasteiger partial charge in [0.1, 0.15) is 16.6 Å². The highest BCUT2D eigenvalue weighted by Gasteiger charge is 2.20. The second kappa shape index (κ2) is 9.09. The van der Waals surface area contributed by atoms with E-state index in [4.69, 9.17) is 26.5 Å². The standard InChI is InChI=1S/C20H22ClN3O3/c1-12-7-8-15(10-13(12)2)14(3)24-18(20(25)26-4)17(21)19(22)23-11-16-6-5-9-27-16/h5-10,23H,3,11,22H2,1-2,4H3/b19-17-,24-18+. The summed E-state index contributed by atoms with van der Waals surface area (Å²) in [4.78, 5) is 16.4. The van der Waals surface area contributed by atoms with Crippen LogP contribution in [0.5, 0.6) is 0 Å². The van der Waals surface area contributed by atoms with E-state index in [1.54, 1.807) is 18.4 Å². The molecule has 0 fully saturated rings. The molecule has 2 rings (SSSR count). The van der Waals surface area contributed by atoms with Crippen LogP contribution < -0.4 is 11.1 Å². The van der Waals surface area contributed by atoms with Crippen molar-refractivity contribution >= 4 is 29.0 Å². The summed E-state index contributed by atoms with van der Waals surface area (Å²) in [5, 5.41) is 2.83. The Morgan fingerprint density at radius 2 is 2.07 bits per heavy atom. The first-order chi connectivity index (χ1) is 12.8. The van der Waals surface area contributed by atoms with Gasteiger partial charge < -0.3 is 20.2 Å². The third-order valence-corrected chi connectivity index (χ3v) is 4.33. The molecule has 0 spiro atoms. The van der Waals surface area contributed by atoms with Gasteiger partial charge in [0.2, 0.25) is 0 Å². The fourth-order valence-corrected chi connectivity index (χ4v) is 2.39. The van der Waals surface area contributed by atoms with Crippen LogP contribution >= 0.6 is 11.6 Å². The molecule has 0 saturated heterocycles. The Morgan fingerprint density at radius 1 is 1.33 bits per heavy atom. The zero-order valence-electron chi connectivity index (χ0n) is 15.5. The minimum atomic E-state index is -0.715. The first-order valence-electron chi connectivity index (χ1n) is 8.19. The lowest BCUT2D eigenvalue weighted by molar-refractivity contribution is -0.132. The lowest BCUT2D eigenvalue weighted by Crippen LogP contribution is -2.26. The number of hydrogen-bond acceptors (Lipinski definition) is 6. The maximum atomic E-state index is 12.2. The SMILES string of the molecule is C=C(/N=C(C(=O)OC)\C(Cl)=C(/N)NCc1ccco1)c1ccc(C)c(C)c1. The molecule has 27 heavy (non-hydrogen) atoms. The zero-order chi connectivity index (χ0) is 20.0. The summed E-state index contributed by atoms with van der Waals surface area (Å²) < 4.78 is 10.00. The molecule has 0 saturated carbocycles. The predicted octanol–water partition coefficient (Wildman–Crippen LogP) is 3.64. The summed E-state index contributed by atoms with van der Waals surface area (Å²) in [5.74, 6) is 0.0244. The molecule has 1 aromatic carbocycles. The summed E-state index contributed by atoms with van der Waals surface area (Å²) in [7, 11) is 1.24. The summed E-state index contributed by atoms with van der Waals surface area (Å²) >= 11 is 6.29. The third kappa shape index (κ3) is 5.24. The van der Waals surface area contributed by atoms with Gasteiger partial charge in [0.05, 0.1) is 25.6 Å². The summed E-state index contributed by atoms with van der Waals surface area (Å²) in [6, 6.07) is 9.31. The van der Waals surface area contributed by atoms with E-state index in [2.05, 4.69) is 16.9 Å². The lowest BCUT2D eigenvalue weighted by Gasteiger charge is -2.11. The van der Waals surface area contributed by atoms with E-state index in [0.29, 0.717) is 18.0 Å². The van der Waals surface area contributed by atoms with Gasteiger partial charge >= 0.3 is 5.97 Å². The molecule has 6 nitrogen and oxygen atoms in total. The number of aryl methyl sites for hydroxylation is 2. The van der Waals surface area contributed by atoms with Gasteiger partial charge in [-0.1, -0.05) is 30.3 Å². The normalized spacial score (nSPS) is 12.4. The number of carbonyl (C=O) groups is 1. The monoisotopic (exact) mass is 387 g/mol. The van der Waals surface area contributed by atoms with Crippen LogP contribution in [0.25, 0.3) is 5.70 Å². The minimum Gasteiger partial charge on any atom is -0.467 e. The maximum Gasteiger partial charge on any atom is 0.358 e. The Balaban J connectivity index is 2.30. The van der Waals surface area contributed by atoms with Crippen molar-refractivity contribution in [2.24, 2.45) is 10.7 Å². The van der Waals surface area contributed by atoms with Gasteiger partial charge in [-0.2, -0.15) is 0 Å². The summed E-state index contributed by atoms with van der Waals surface area (Å²) in [6.07, 6.45) is 1.55. The highest BCUT2D eigenvalue weighted by Crippen LogP contribution is 2.20. The van der Waals surface area contributed by atoms with Crippen molar-refractivity contribution in [2.75, 3.05) is 7.11 Å². The van der Waals surface area contributed by atoms with Crippen LogP contribution in [0.3, 0.4) is 0 Å². The van der Waals surface area contributed by atoms with Crippen molar-refractivity contribution < 1.29 is 13.9 Å². The Bertz CT molecular complexity index is 899. The van der Waals surface area contributed by atoms with E-state index in [-0.39, 0.29) is 16.6 Å². The topological polar surface area (TPSA) is 89.8 Å². The van der Waals surface area contributed by atoms with Crippen LogP contribution in [0.1, 0.15) is 22.5 Å². The van der Waals surface area contributed by atoms with Gasteiger partial charge in [0.15, 0.2) is 5.71 Å². The molecule has 7 heteroatoms. The smallest absolute Gasteiger partial charge is 0.358 e. The number of nitrogens with two attached hydrogens (primary N) is 1. The quantitative estimate of drug-likeness (QED) is 0.559. The predicted molar refractivity (Wildman–Crippen MR) is 107 cm³/mol. The van der Waals surface area contributed by atoms with E-state index in [0.717, 1.165) is 16.7 Å². The van der Waals surface area contributed by atoms with E-state index in [1.165, 1.54) is 7.11 Å². The molecule has 142 valence electrons. The number of carbonyl (C=O) groups excluding carboxylic acids is 1. The van der Waals surface area contributed by atoms with Crippen molar-refractivity contribution in [3.05, 3.63) is 76.5 Å². The van der Waals surface area contributed by atoms with Crippen LogP contribution in [0.2, 0.25) is 0 Å². The fourth-order valence-electron chi connectivity index (χ4n) is 2.20. The van der Waals surface area contributed by atoms with Gasteiger partial charge in [0, 0.05) is 0 Å². The van der Waals surface area contributed by atoms with Crippen LogP contribution in [-0.2, 0) is 16.1 Å². The average Bonchev–Trinajstić information content (AvgIpc) is 3.18. The molecule has 2 aromatic rings. The molecule has 1 heterocycles. The number of aliphatic imine (C=N–C) groups is 1. The summed E-state index contributed by atoms with van der Waals surface area (Å²) in [5.41, 5.74) is 9.20. The van der Waals surface area contributed by atoms with Gasteiger partial charge in [-0.25, -0.2) is 9.79 Å².